The van der Waals surface area contributed by atoms with Crippen molar-refractivity contribution in [2.75, 3.05) is 13.1 Å². The number of aromatic nitrogens is 1. The molecule has 3 rings (SSSR count). The molecule has 2 heterocycles. The average Bonchev–Trinajstić information content (AvgIpc) is 2.61. The Balaban J connectivity index is 1.59. The molecule has 4 nitrogen and oxygen atoms in total. The van der Waals surface area contributed by atoms with Gasteiger partial charge in [0, 0.05) is 19.3 Å². The largest absolute Gasteiger partial charge is 0.505 e. The summed E-state index contributed by atoms with van der Waals surface area (Å²) < 4.78 is 12.9. The van der Waals surface area contributed by atoms with E-state index < -0.39 is 0 Å². The lowest BCUT2D eigenvalue weighted by molar-refractivity contribution is 0.0659. The van der Waals surface area contributed by atoms with Crippen LogP contribution in [0.1, 0.15) is 35.3 Å². The topological polar surface area (TPSA) is 53.4 Å². The van der Waals surface area contributed by atoms with Crippen LogP contribution in [0.15, 0.2) is 42.6 Å². The molecule has 0 bridgehead atoms. The lowest BCUT2D eigenvalue weighted by atomic mass is 9.91. The Kier molecular flexibility index (Phi) is 5.08. The number of piperidine rings is 1. The van der Waals surface area contributed by atoms with E-state index in [1.165, 1.54) is 24.4 Å². The second-order valence-corrected chi connectivity index (χ2v) is 6.30. The molecule has 0 unspecified atom stereocenters. The van der Waals surface area contributed by atoms with Crippen molar-refractivity contribution in [3.8, 4) is 5.75 Å². The van der Waals surface area contributed by atoms with Gasteiger partial charge in [0.25, 0.3) is 5.91 Å². The number of hydrogen-bond acceptors (Lipinski definition) is 3. The van der Waals surface area contributed by atoms with E-state index in [0.717, 1.165) is 31.2 Å². The first-order valence-electron chi connectivity index (χ1n) is 8.31. The molecule has 1 saturated heterocycles. The highest BCUT2D eigenvalue weighted by Crippen LogP contribution is 2.24. The number of carbonyl (C=O) groups excluding carboxylic acids is 1. The second kappa shape index (κ2) is 7.43. The Labute approximate surface area is 141 Å². The van der Waals surface area contributed by atoms with Crippen LogP contribution in [0.2, 0.25) is 0 Å². The zero-order chi connectivity index (χ0) is 16.9. The Morgan fingerprint density at radius 2 is 2.08 bits per heavy atom. The van der Waals surface area contributed by atoms with Gasteiger partial charge in [0.15, 0.2) is 5.69 Å². The van der Waals surface area contributed by atoms with Crippen molar-refractivity contribution < 1.29 is 14.3 Å². The molecule has 0 saturated carbocycles. The highest BCUT2D eigenvalue weighted by molar-refractivity contribution is 5.94. The molecule has 126 valence electrons. The summed E-state index contributed by atoms with van der Waals surface area (Å²) in [5.41, 5.74) is 1.24. The molecule has 0 spiro atoms. The highest BCUT2D eigenvalue weighted by Gasteiger charge is 2.26. The number of nitrogens with zero attached hydrogens (tertiary/aromatic N) is 2. The number of benzene rings is 1. The summed E-state index contributed by atoms with van der Waals surface area (Å²) in [7, 11) is 0. The van der Waals surface area contributed by atoms with Gasteiger partial charge < -0.3 is 10.0 Å². The van der Waals surface area contributed by atoms with Gasteiger partial charge in [-0.1, -0.05) is 12.1 Å². The quantitative estimate of drug-likeness (QED) is 0.936. The molecule has 1 atom stereocenters. The van der Waals surface area contributed by atoms with Crippen molar-refractivity contribution in [1.29, 1.82) is 0 Å². The molecule has 2 aromatic rings. The minimum Gasteiger partial charge on any atom is -0.505 e. The lowest BCUT2D eigenvalue weighted by Crippen LogP contribution is -2.40. The van der Waals surface area contributed by atoms with Gasteiger partial charge in [-0.25, -0.2) is 9.37 Å². The summed E-state index contributed by atoms with van der Waals surface area (Å²) in [5, 5.41) is 9.81. The van der Waals surface area contributed by atoms with Gasteiger partial charge in [0.05, 0.1) is 0 Å². The van der Waals surface area contributed by atoms with Gasteiger partial charge in [0.2, 0.25) is 0 Å². The van der Waals surface area contributed by atoms with Crippen LogP contribution in [0.4, 0.5) is 4.39 Å². The number of amides is 1. The fourth-order valence-corrected chi connectivity index (χ4v) is 3.22. The predicted octanol–water partition coefficient (Wildman–Crippen LogP) is 3.41. The number of halogens is 1. The summed E-state index contributed by atoms with van der Waals surface area (Å²) in [5.74, 6) is -0.0857. The van der Waals surface area contributed by atoms with Crippen molar-refractivity contribution in [2.24, 2.45) is 5.92 Å². The lowest BCUT2D eigenvalue weighted by Gasteiger charge is -2.32. The van der Waals surface area contributed by atoms with E-state index in [0.29, 0.717) is 19.0 Å². The Bertz CT molecular complexity index is 703. The number of aryl methyl sites for hydroxylation is 1. The van der Waals surface area contributed by atoms with Crippen molar-refractivity contribution in [2.45, 2.75) is 25.7 Å². The number of likely N-dealkylation sites (tertiary alicyclic amines) is 1. The van der Waals surface area contributed by atoms with Crippen LogP contribution in [0.25, 0.3) is 0 Å². The molecule has 1 aliphatic rings. The molecular formula is C19H21FN2O2. The SMILES string of the molecule is O=C(c1ncccc1O)N1CCC[C@@H](CCc2ccc(F)cc2)C1. The van der Waals surface area contributed by atoms with E-state index in [1.54, 1.807) is 11.0 Å². The number of rotatable bonds is 4. The Hall–Kier alpha value is -2.43. The van der Waals surface area contributed by atoms with Crippen molar-refractivity contribution in [1.82, 2.24) is 9.88 Å². The maximum atomic E-state index is 12.9. The number of aromatic hydroxyl groups is 1. The van der Waals surface area contributed by atoms with E-state index in [9.17, 15) is 14.3 Å². The molecule has 1 aromatic carbocycles. The third kappa shape index (κ3) is 3.91. The second-order valence-electron chi connectivity index (χ2n) is 6.30. The molecule has 1 N–H and O–H groups in total. The standard InChI is InChI=1S/C19H21FN2O2/c20-16-9-7-14(8-10-16)5-6-15-3-2-12-22(13-15)19(24)18-17(23)4-1-11-21-18/h1,4,7-11,15,23H,2-3,5-6,12-13H2/t15-/m0/s1. The molecule has 1 amide bonds. The van der Waals surface area contributed by atoms with E-state index in [2.05, 4.69) is 4.98 Å². The summed E-state index contributed by atoms with van der Waals surface area (Å²) in [6.45, 7) is 1.37. The van der Waals surface area contributed by atoms with E-state index in [4.69, 9.17) is 0 Å². The number of pyridine rings is 1. The molecule has 0 aliphatic carbocycles. The molecule has 0 radical (unpaired) electrons. The van der Waals surface area contributed by atoms with Crippen molar-refractivity contribution >= 4 is 5.91 Å². The zero-order valence-electron chi connectivity index (χ0n) is 13.5. The van der Waals surface area contributed by atoms with Crippen LogP contribution < -0.4 is 0 Å². The monoisotopic (exact) mass is 328 g/mol. The number of hydrogen-bond donors (Lipinski definition) is 1. The van der Waals surface area contributed by atoms with Crippen LogP contribution in [-0.2, 0) is 6.42 Å². The van der Waals surface area contributed by atoms with Gasteiger partial charge in [-0.15, -0.1) is 0 Å². The summed E-state index contributed by atoms with van der Waals surface area (Å²) in [4.78, 5) is 18.3. The average molecular weight is 328 g/mol. The Morgan fingerprint density at radius 3 is 2.83 bits per heavy atom. The van der Waals surface area contributed by atoms with Gasteiger partial charge in [0.1, 0.15) is 11.6 Å². The van der Waals surface area contributed by atoms with Crippen LogP contribution in [0.3, 0.4) is 0 Å². The molecule has 1 fully saturated rings. The first kappa shape index (κ1) is 16.4. The van der Waals surface area contributed by atoms with Gasteiger partial charge in [-0.2, -0.15) is 0 Å². The third-order valence-electron chi connectivity index (χ3n) is 4.55. The van der Waals surface area contributed by atoms with Crippen molar-refractivity contribution in [3.63, 3.8) is 0 Å². The highest BCUT2D eigenvalue weighted by atomic mass is 19.1. The summed E-state index contributed by atoms with van der Waals surface area (Å²) in [6, 6.07) is 9.68. The first-order valence-corrected chi connectivity index (χ1v) is 8.31. The molecule has 1 aromatic heterocycles. The van der Waals surface area contributed by atoms with Crippen LogP contribution >= 0.6 is 0 Å². The van der Waals surface area contributed by atoms with Crippen LogP contribution in [-0.4, -0.2) is 34.0 Å². The maximum absolute atomic E-state index is 12.9. The first-order chi connectivity index (χ1) is 11.6. The van der Waals surface area contributed by atoms with E-state index in [-0.39, 0.29) is 23.2 Å². The van der Waals surface area contributed by atoms with E-state index in [1.807, 2.05) is 12.1 Å². The minimum atomic E-state index is -0.219. The zero-order valence-corrected chi connectivity index (χ0v) is 13.5. The van der Waals surface area contributed by atoms with Gasteiger partial charge in [-0.05, 0) is 61.4 Å². The molecule has 1 aliphatic heterocycles. The van der Waals surface area contributed by atoms with E-state index >= 15 is 0 Å². The summed E-state index contributed by atoms with van der Waals surface area (Å²) in [6.07, 6.45) is 5.39. The number of carbonyl (C=O) groups is 1. The molecule has 5 heteroatoms. The van der Waals surface area contributed by atoms with Crippen molar-refractivity contribution in [3.05, 3.63) is 59.7 Å². The third-order valence-corrected chi connectivity index (χ3v) is 4.55. The fraction of sp³-hybridized carbons (Fsp3) is 0.368. The minimum absolute atomic E-state index is 0.0732. The predicted molar refractivity (Wildman–Crippen MR) is 89.3 cm³/mol. The van der Waals surface area contributed by atoms with Crippen LogP contribution in [0.5, 0.6) is 5.75 Å². The van der Waals surface area contributed by atoms with Crippen LogP contribution in [0, 0.1) is 11.7 Å². The fourth-order valence-electron chi connectivity index (χ4n) is 3.22. The Morgan fingerprint density at radius 1 is 1.29 bits per heavy atom. The van der Waals surface area contributed by atoms with Gasteiger partial charge >= 0.3 is 0 Å². The van der Waals surface area contributed by atoms with Gasteiger partial charge in [-0.3, -0.25) is 4.79 Å². The normalized spacial score (nSPS) is 17.7. The smallest absolute Gasteiger partial charge is 0.276 e. The molecular weight excluding hydrogens is 307 g/mol. The molecule has 24 heavy (non-hydrogen) atoms. The maximum Gasteiger partial charge on any atom is 0.276 e. The summed E-state index contributed by atoms with van der Waals surface area (Å²) >= 11 is 0.